The molecule has 0 saturated carbocycles. The Hall–Kier alpha value is -1.81. The number of fused-ring (bicyclic) bond motifs is 1. The lowest BCUT2D eigenvalue weighted by Gasteiger charge is -2.04. The zero-order chi connectivity index (χ0) is 12.4. The summed E-state index contributed by atoms with van der Waals surface area (Å²) in [5.74, 6) is -0.909. The fraction of sp³-hybridized carbons (Fsp3) is 0.308. The lowest BCUT2D eigenvalue weighted by Crippen LogP contribution is -2.02. The van der Waals surface area contributed by atoms with Crippen LogP contribution in [0, 0.1) is 0 Å². The van der Waals surface area contributed by atoms with Crippen molar-refractivity contribution in [1.29, 1.82) is 0 Å². The van der Waals surface area contributed by atoms with Crippen LogP contribution in [0.3, 0.4) is 0 Å². The minimum Gasteiger partial charge on any atom is -0.478 e. The predicted octanol–water partition coefficient (Wildman–Crippen LogP) is 2.79. The summed E-state index contributed by atoms with van der Waals surface area (Å²) in [4.78, 5) is 14.0. The summed E-state index contributed by atoms with van der Waals surface area (Å²) in [5, 5.41) is 9.79. The molecule has 90 valence electrons. The Labute approximate surface area is 99.2 Å². The number of aromatic nitrogens is 1. The summed E-state index contributed by atoms with van der Waals surface area (Å²) in [6.07, 6.45) is 0.177. The van der Waals surface area contributed by atoms with Crippen LogP contribution in [-0.2, 0) is 11.3 Å². The number of hydrogen-bond acceptors (Lipinski definition) is 2. The molecule has 0 bridgehead atoms. The van der Waals surface area contributed by atoms with Crippen molar-refractivity contribution in [3.05, 3.63) is 35.5 Å². The van der Waals surface area contributed by atoms with Gasteiger partial charge in [0.05, 0.1) is 18.3 Å². The highest BCUT2D eigenvalue weighted by molar-refractivity contribution is 5.93. The molecular weight excluding hydrogens is 218 g/mol. The van der Waals surface area contributed by atoms with Gasteiger partial charge in [-0.25, -0.2) is 4.79 Å². The molecule has 0 spiro atoms. The van der Waals surface area contributed by atoms with Crippen LogP contribution in [0.5, 0.6) is 0 Å². The van der Waals surface area contributed by atoms with Crippen molar-refractivity contribution in [3.63, 3.8) is 0 Å². The molecule has 2 N–H and O–H groups in total. The second-order valence-corrected chi connectivity index (χ2v) is 4.26. The molecule has 0 atom stereocenters. The molecular formula is C13H15NO3. The molecule has 0 radical (unpaired) electrons. The zero-order valence-corrected chi connectivity index (χ0v) is 9.86. The zero-order valence-electron chi connectivity index (χ0n) is 9.86. The van der Waals surface area contributed by atoms with Gasteiger partial charge in [0.25, 0.3) is 0 Å². The van der Waals surface area contributed by atoms with Gasteiger partial charge in [-0.1, -0.05) is 0 Å². The largest absolute Gasteiger partial charge is 0.478 e. The smallest absolute Gasteiger partial charge is 0.335 e. The number of benzene rings is 1. The number of rotatable bonds is 4. The first-order chi connectivity index (χ1) is 8.06. The van der Waals surface area contributed by atoms with Crippen LogP contribution in [0.15, 0.2) is 24.3 Å². The van der Waals surface area contributed by atoms with E-state index in [0.717, 1.165) is 16.6 Å². The SMILES string of the molecule is CC(C)OCc1cc2cc(C(=O)O)ccc2[nH]1. The van der Waals surface area contributed by atoms with Crippen molar-refractivity contribution in [2.45, 2.75) is 26.6 Å². The molecule has 0 aliphatic rings. The van der Waals surface area contributed by atoms with Gasteiger partial charge in [-0.3, -0.25) is 0 Å². The van der Waals surface area contributed by atoms with Gasteiger partial charge in [0.1, 0.15) is 0 Å². The molecule has 4 nitrogen and oxygen atoms in total. The lowest BCUT2D eigenvalue weighted by atomic mass is 10.1. The van der Waals surface area contributed by atoms with Gasteiger partial charge in [-0.15, -0.1) is 0 Å². The Balaban J connectivity index is 2.27. The number of ether oxygens (including phenoxy) is 1. The molecule has 0 fully saturated rings. The third kappa shape index (κ3) is 2.65. The molecule has 4 heteroatoms. The summed E-state index contributed by atoms with van der Waals surface area (Å²) < 4.78 is 5.49. The number of carboxylic acids is 1. The van der Waals surface area contributed by atoms with Crippen LogP contribution in [0.4, 0.5) is 0 Å². The molecule has 0 amide bonds. The lowest BCUT2D eigenvalue weighted by molar-refractivity contribution is 0.0639. The van der Waals surface area contributed by atoms with Crippen molar-refractivity contribution in [2.75, 3.05) is 0 Å². The number of H-pyrrole nitrogens is 1. The number of nitrogens with one attached hydrogen (secondary N) is 1. The first-order valence-corrected chi connectivity index (χ1v) is 5.53. The normalized spacial score (nSPS) is 11.2. The van der Waals surface area contributed by atoms with E-state index in [2.05, 4.69) is 4.98 Å². The summed E-state index contributed by atoms with van der Waals surface area (Å²) in [7, 11) is 0. The molecule has 1 aromatic heterocycles. The monoisotopic (exact) mass is 233 g/mol. The maximum Gasteiger partial charge on any atom is 0.335 e. The molecule has 0 aliphatic heterocycles. The third-order valence-electron chi connectivity index (χ3n) is 2.50. The average molecular weight is 233 g/mol. The van der Waals surface area contributed by atoms with Crippen LogP contribution in [0.2, 0.25) is 0 Å². The van der Waals surface area contributed by atoms with Crippen LogP contribution in [0.1, 0.15) is 29.9 Å². The summed E-state index contributed by atoms with van der Waals surface area (Å²) in [6.45, 7) is 4.46. The van der Waals surface area contributed by atoms with Crippen LogP contribution in [0.25, 0.3) is 10.9 Å². The fourth-order valence-corrected chi connectivity index (χ4v) is 1.66. The molecule has 1 aromatic carbocycles. The van der Waals surface area contributed by atoms with Gasteiger partial charge in [-0.2, -0.15) is 0 Å². The first kappa shape index (κ1) is 11.7. The van der Waals surface area contributed by atoms with Crippen molar-refractivity contribution in [2.24, 2.45) is 0 Å². The molecule has 17 heavy (non-hydrogen) atoms. The minimum absolute atomic E-state index is 0.177. The summed E-state index contributed by atoms with van der Waals surface area (Å²) in [6, 6.07) is 6.95. The predicted molar refractivity (Wildman–Crippen MR) is 65.2 cm³/mol. The highest BCUT2D eigenvalue weighted by atomic mass is 16.5. The van der Waals surface area contributed by atoms with Gasteiger partial charge in [0, 0.05) is 16.6 Å². The number of aromatic amines is 1. The Morgan fingerprint density at radius 1 is 1.41 bits per heavy atom. The Morgan fingerprint density at radius 2 is 2.18 bits per heavy atom. The molecule has 2 rings (SSSR count). The minimum atomic E-state index is -0.909. The number of hydrogen-bond donors (Lipinski definition) is 2. The topological polar surface area (TPSA) is 62.3 Å². The average Bonchev–Trinajstić information content (AvgIpc) is 2.67. The Bertz CT molecular complexity index is 543. The fourth-order valence-electron chi connectivity index (χ4n) is 1.66. The van der Waals surface area contributed by atoms with Gasteiger partial charge >= 0.3 is 5.97 Å². The number of aromatic carboxylic acids is 1. The highest BCUT2D eigenvalue weighted by Crippen LogP contribution is 2.18. The molecule has 2 aromatic rings. The third-order valence-corrected chi connectivity index (χ3v) is 2.50. The standard InChI is InChI=1S/C13H15NO3/c1-8(2)17-7-11-6-10-5-9(13(15)16)3-4-12(10)14-11/h3-6,8,14H,7H2,1-2H3,(H,15,16). The Kier molecular flexibility index (Phi) is 3.15. The van der Waals surface area contributed by atoms with Gasteiger partial charge in [0.15, 0.2) is 0 Å². The first-order valence-electron chi connectivity index (χ1n) is 5.53. The van der Waals surface area contributed by atoms with E-state index in [1.165, 1.54) is 0 Å². The maximum atomic E-state index is 10.8. The van der Waals surface area contributed by atoms with E-state index >= 15 is 0 Å². The van der Waals surface area contributed by atoms with Crippen molar-refractivity contribution in [1.82, 2.24) is 4.98 Å². The highest BCUT2D eigenvalue weighted by Gasteiger charge is 2.06. The molecule has 0 saturated heterocycles. The van der Waals surface area contributed by atoms with Crippen LogP contribution in [-0.4, -0.2) is 22.2 Å². The van der Waals surface area contributed by atoms with Crippen molar-refractivity contribution in [3.8, 4) is 0 Å². The van der Waals surface area contributed by atoms with E-state index < -0.39 is 5.97 Å². The van der Waals surface area contributed by atoms with E-state index in [9.17, 15) is 4.79 Å². The van der Waals surface area contributed by atoms with E-state index in [4.69, 9.17) is 9.84 Å². The van der Waals surface area contributed by atoms with Crippen LogP contribution >= 0.6 is 0 Å². The maximum absolute atomic E-state index is 10.8. The molecule has 0 unspecified atom stereocenters. The van der Waals surface area contributed by atoms with Gasteiger partial charge < -0.3 is 14.8 Å². The number of carboxylic acid groups (broad SMARTS) is 1. The molecule has 0 aliphatic carbocycles. The second-order valence-electron chi connectivity index (χ2n) is 4.26. The summed E-state index contributed by atoms with van der Waals surface area (Å²) >= 11 is 0. The van der Waals surface area contributed by atoms with Crippen molar-refractivity contribution < 1.29 is 14.6 Å². The second kappa shape index (κ2) is 4.59. The van der Waals surface area contributed by atoms with E-state index in [-0.39, 0.29) is 6.10 Å². The van der Waals surface area contributed by atoms with E-state index in [1.807, 2.05) is 19.9 Å². The quantitative estimate of drug-likeness (QED) is 0.853. The Morgan fingerprint density at radius 3 is 2.82 bits per heavy atom. The molecule has 1 heterocycles. The van der Waals surface area contributed by atoms with Gasteiger partial charge in [-0.05, 0) is 38.1 Å². The summed E-state index contributed by atoms with van der Waals surface area (Å²) in [5.41, 5.74) is 2.18. The number of carbonyl (C=O) groups is 1. The van der Waals surface area contributed by atoms with E-state index in [1.54, 1.807) is 18.2 Å². The van der Waals surface area contributed by atoms with E-state index in [0.29, 0.717) is 12.2 Å². The van der Waals surface area contributed by atoms with Crippen molar-refractivity contribution >= 4 is 16.9 Å². The van der Waals surface area contributed by atoms with Gasteiger partial charge in [0.2, 0.25) is 0 Å². The van der Waals surface area contributed by atoms with Crippen LogP contribution < -0.4 is 0 Å².